The van der Waals surface area contributed by atoms with E-state index in [1.807, 2.05) is 0 Å². The Kier molecular flexibility index (Phi) is 6.12. The number of carbonyl (C=O) groups is 2. The number of amides is 1. The highest BCUT2D eigenvalue weighted by atomic mass is 32.2. The Labute approximate surface area is 174 Å². The summed E-state index contributed by atoms with van der Waals surface area (Å²) in [5, 5.41) is 12.4. The molecule has 3 rings (SSSR count). The smallest absolute Gasteiger partial charge is 0.348 e. The molecule has 3 aromatic rings. The number of benzene rings is 2. The van der Waals surface area contributed by atoms with E-state index in [4.69, 9.17) is 0 Å². The third-order valence-electron chi connectivity index (χ3n) is 4.08. The van der Waals surface area contributed by atoms with Gasteiger partial charge < -0.3 is 10.4 Å². The predicted octanol–water partition coefficient (Wildman–Crippen LogP) is 4.65. The number of thiophene rings is 1. The minimum absolute atomic E-state index is 0.0596. The lowest BCUT2D eigenvalue weighted by molar-refractivity contribution is -0.114. The van der Waals surface area contributed by atoms with Crippen LogP contribution in [0.4, 0.5) is 17.1 Å². The maximum Gasteiger partial charge on any atom is 0.348 e. The summed E-state index contributed by atoms with van der Waals surface area (Å²) >= 11 is -1.48. The van der Waals surface area contributed by atoms with Crippen molar-refractivity contribution in [2.24, 2.45) is 0 Å². The molecule has 1 amide bonds. The van der Waals surface area contributed by atoms with E-state index >= 15 is 0 Å². The van der Waals surface area contributed by atoms with Crippen LogP contribution in [0, 0.1) is 6.92 Å². The van der Waals surface area contributed by atoms with Crippen LogP contribution in [0.3, 0.4) is 0 Å². The number of aromatic carboxylic acids is 1. The minimum Gasteiger partial charge on any atom is -0.477 e. The fourth-order valence-electron chi connectivity index (χ4n) is 2.87. The molecule has 7 nitrogen and oxygen atoms in total. The van der Waals surface area contributed by atoms with Crippen molar-refractivity contribution >= 4 is 51.5 Å². The van der Waals surface area contributed by atoms with Gasteiger partial charge in [0.25, 0.3) is 11.3 Å². The van der Waals surface area contributed by atoms with Crippen LogP contribution in [-0.2, 0) is 16.1 Å². The van der Waals surface area contributed by atoms with E-state index in [0.717, 1.165) is 21.2 Å². The van der Waals surface area contributed by atoms with Crippen molar-refractivity contribution in [3.63, 3.8) is 0 Å². The van der Waals surface area contributed by atoms with E-state index < -0.39 is 17.2 Å². The van der Waals surface area contributed by atoms with E-state index in [1.165, 1.54) is 6.92 Å². The fraction of sp³-hybridized carbons (Fsp3) is 0.100. The van der Waals surface area contributed by atoms with Crippen molar-refractivity contribution in [1.29, 1.82) is 0 Å². The SMILES string of the molecule is CC(=O)Nc1cccc(-c2cc(N(c3ccccc3C)S(=O)O)c(C(=O)O)s2)c1. The van der Waals surface area contributed by atoms with E-state index in [1.54, 1.807) is 61.5 Å². The van der Waals surface area contributed by atoms with Crippen LogP contribution in [0.2, 0.25) is 0 Å². The Morgan fingerprint density at radius 2 is 1.79 bits per heavy atom. The highest BCUT2D eigenvalue weighted by Gasteiger charge is 2.26. The van der Waals surface area contributed by atoms with Gasteiger partial charge in [-0.1, -0.05) is 30.3 Å². The molecule has 0 fully saturated rings. The summed E-state index contributed by atoms with van der Waals surface area (Å²) in [5.41, 5.74) is 2.54. The van der Waals surface area contributed by atoms with Gasteiger partial charge in [0.1, 0.15) is 4.88 Å². The van der Waals surface area contributed by atoms with Crippen LogP contribution in [0.25, 0.3) is 10.4 Å². The third-order valence-corrected chi connectivity index (χ3v) is 5.95. The number of aryl methyl sites for hydroxylation is 1. The van der Waals surface area contributed by atoms with Gasteiger partial charge in [-0.25, -0.2) is 13.3 Å². The maximum absolute atomic E-state index is 12.1. The summed E-state index contributed by atoms with van der Waals surface area (Å²) in [5.74, 6) is -1.42. The second kappa shape index (κ2) is 8.56. The lowest BCUT2D eigenvalue weighted by Crippen LogP contribution is -2.21. The van der Waals surface area contributed by atoms with Crippen molar-refractivity contribution in [2.45, 2.75) is 13.8 Å². The molecule has 3 N–H and O–H groups in total. The number of hydrogen-bond acceptors (Lipinski definition) is 4. The standard InChI is InChI=1S/C20H18N2O5S2/c1-12-6-3-4-9-16(12)22(29(26)27)17-11-18(28-19(17)20(24)25)14-7-5-8-15(10-14)21-13(2)23/h3-11H,1-2H3,(H,21,23)(H,24,25)(H,26,27). The van der Waals surface area contributed by atoms with Crippen molar-refractivity contribution in [2.75, 3.05) is 9.62 Å². The number of rotatable bonds is 6. The monoisotopic (exact) mass is 430 g/mol. The number of carboxylic acids is 1. The Morgan fingerprint density at radius 3 is 2.41 bits per heavy atom. The highest BCUT2D eigenvalue weighted by molar-refractivity contribution is 7.81. The molecule has 0 aliphatic heterocycles. The number of nitrogens with one attached hydrogen (secondary N) is 1. The maximum atomic E-state index is 12.1. The minimum atomic E-state index is -2.48. The fourth-order valence-corrected chi connectivity index (χ4v) is 4.59. The summed E-state index contributed by atoms with van der Waals surface area (Å²) in [6.45, 7) is 3.18. The largest absolute Gasteiger partial charge is 0.477 e. The Hall–Kier alpha value is -3.01. The van der Waals surface area contributed by atoms with Gasteiger partial charge in [0, 0.05) is 17.5 Å². The summed E-state index contributed by atoms with van der Waals surface area (Å²) < 4.78 is 23.2. The van der Waals surface area contributed by atoms with Gasteiger partial charge in [-0.2, -0.15) is 0 Å². The second-order valence-electron chi connectivity index (χ2n) is 6.20. The van der Waals surface area contributed by atoms with E-state index in [0.29, 0.717) is 21.8 Å². The molecule has 0 aliphatic rings. The van der Waals surface area contributed by atoms with Gasteiger partial charge >= 0.3 is 5.97 Å². The average Bonchev–Trinajstić information content (AvgIpc) is 3.08. The van der Waals surface area contributed by atoms with Crippen LogP contribution >= 0.6 is 11.3 Å². The number of carbonyl (C=O) groups excluding carboxylic acids is 1. The number of carboxylic acid groups (broad SMARTS) is 1. The molecule has 0 saturated heterocycles. The molecule has 1 aromatic heterocycles. The average molecular weight is 431 g/mol. The van der Waals surface area contributed by atoms with Crippen LogP contribution < -0.4 is 9.62 Å². The number of hydrogen-bond donors (Lipinski definition) is 3. The van der Waals surface area contributed by atoms with Gasteiger partial charge in [-0.05, 0) is 42.3 Å². The van der Waals surface area contributed by atoms with Crippen molar-refractivity contribution in [3.05, 3.63) is 65.0 Å². The van der Waals surface area contributed by atoms with Gasteiger partial charge in [-0.3, -0.25) is 9.35 Å². The zero-order chi connectivity index (χ0) is 21.1. The summed E-state index contributed by atoms with van der Waals surface area (Å²) in [6.07, 6.45) is 0. The lowest BCUT2D eigenvalue weighted by Gasteiger charge is -2.21. The lowest BCUT2D eigenvalue weighted by atomic mass is 10.1. The molecular weight excluding hydrogens is 412 g/mol. The number of anilines is 3. The number of para-hydroxylation sites is 1. The zero-order valence-corrected chi connectivity index (χ0v) is 17.2. The molecule has 150 valence electrons. The predicted molar refractivity (Wildman–Crippen MR) is 115 cm³/mol. The van der Waals surface area contributed by atoms with Crippen LogP contribution in [0.5, 0.6) is 0 Å². The van der Waals surface area contributed by atoms with E-state index in [2.05, 4.69) is 5.32 Å². The van der Waals surface area contributed by atoms with Crippen LogP contribution in [0.1, 0.15) is 22.2 Å². The molecule has 1 unspecified atom stereocenters. The first-order valence-corrected chi connectivity index (χ1v) is 10.4. The van der Waals surface area contributed by atoms with Crippen molar-refractivity contribution in [1.82, 2.24) is 0 Å². The normalized spacial score (nSPS) is 11.7. The van der Waals surface area contributed by atoms with E-state index in [9.17, 15) is 23.5 Å². The van der Waals surface area contributed by atoms with Crippen molar-refractivity contribution in [3.8, 4) is 10.4 Å². The Morgan fingerprint density at radius 1 is 1.07 bits per heavy atom. The van der Waals surface area contributed by atoms with E-state index in [-0.39, 0.29) is 16.5 Å². The first kappa shape index (κ1) is 20.7. The molecule has 1 atom stereocenters. The third kappa shape index (κ3) is 4.53. The van der Waals surface area contributed by atoms with Crippen LogP contribution in [0.15, 0.2) is 54.6 Å². The molecule has 0 spiro atoms. The second-order valence-corrected chi connectivity index (χ2v) is 8.08. The molecule has 0 aliphatic carbocycles. The summed E-state index contributed by atoms with van der Waals surface area (Å²) in [7, 11) is 0. The highest BCUT2D eigenvalue weighted by Crippen LogP contribution is 2.41. The molecule has 0 saturated carbocycles. The molecule has 2 aromatic carbocycles. The van der Waals surface area contributed by atoms with Gasteiger partial charge in [0.2, 0.25) is 5.91 Å². The molecule has 29 heavy (non-hydrogen) atoms. The first-order chi connectivity index (χ1) is 13.8. The Balaban J connectivity index is 2.14. The first-order valence-electron chi connectivity index (χ1n) is 8.50. The Bertz CT molecular complexity index is 1110. The molecule has 1 heterocycles. The number of nitrogens with zero attached hydrogens (tertiary/aromatic N) is 1. The molecule has 0 bridgehead atoms. The zero-order valence-electron chi connectivity index (χ0n) is 15.6. The topological polar surface area (TPSA) is 107 Å². The summed E-state index contributed by atoms with van der Waals surface area (Å²) in [4.78, 5) is 23.7. The molecule has 0 radical (unpaired) electrons. The van der Waals surface area contributed by atoms with Gasteiger partial charge in [-0.15, -0.1) is 11.3 Å². The van der Waals surface area contributed by atoms with Gasteiger partial charge in [0.05, 0.1) is 11.4 Å². The van der Waals surface area contributed by atoms with Crippen molar-refractivity contribution < 1.29 is 23.5 Å². The molecule has 9 heteroatoms. The molecular formula is C20H18N2O5S2. The summed E-state index contributed by atoms with van der Waals surface area (Å²) in [6, 6.07) is 15.5. The quantitative estimate of drug-likeness (QED) is 0.493. The van der Waals surface area contributed by atoms with Gasteiger partial charge in [0.15, 0.2) is 0 Å². The van der Waals surface area contributed by atoms with Crippen LogP contribution in [-0.4, -0.2) is 25.7 Å².